The number of hydrogen-bond acceptors (Lipinski definition) is 3. The molecule has 5 nitrogen and oxygen atoms in total. The molecular formula is C21H20Cl2N2O3. The first-order valence-corrected chi connectivity index (χ1v) is 9.97. The minimum Gasteiger partial charge on any atom is -0.338 e. The quantitative estimate of drug-likeness (QED) is 0.583. The predicted molar refractivity (Wildman–Crippen MR) is 107 cm³/mol. The maximum Gasteiger partial charge on any atom is 0.274 e. The Kier molecular flexibility index (Phi) is 5.08. The molecule has 1 aliphatic heterocycles. The van der Waals surface area contributed by atoms with Crippen LogP contribution in [-0.2, 0) is 24.2 Å². The number of hydrogen-bond donors (Lipinski definition) is 2. The highest BCUT2D eigenvalue weighted by Crippen LogP contribution is 2.44. The summed E-state index contributed by atoms with van der Waals surface area (Å²) in [6, 6.07) is 10.9. The highest BCUT2D eigenvalue weighted by Gasteiger charge is 2.47. The summed E-state index contributed by atoms with van der Waals surface area (Å²) in [4.78, 5) is 26.8. The Balaban J connectivity index is 1.51. The lowest BCUT2D eigenvalue weighted by Gasteiger charge is -2.33. The zero-order chi connectivity index (χ0) is 19.9. The van der Waals surface area contributed by atoms with Gasteiger partial charge in [0, 0.05) is 18.7 Å². The number of rotatable bonds is 3. The second-order valence-electron chi connectivity index (χ2n) is 7.61. The fourth-order valence-electron chi connectivity index (χ4n) is 4.36. The van der Waals surface area contributed by atoms with Crippen molar-refractivity contribution >= 4 is 35.0 Å². The molecule has 2 aromatic carbocycles. The third-order valence-electron chi connectivity index (χ3n) is 5.93. The van der Waals surface area contributed by atoms with Crippen LogP contribution < -0.4 is 5.48 Å². The van der Waals surface area contributed by atoms with Crippen molar-refractivity contribution in [2.75, 3.05) is 6.54 Å². The second kappa shape index (κ2) is 7.39. The molecule has 1 heterocycles. The van der Waals surface area contributed by atoms with E-state index in [9.17, 15) is 9.59 Å². The topological polar surface area (TPSA) is 69.6 Å². The smallest absolute Gasteiger partial charge is 0.274 e. The van der Waals surface area contributed by atoms with Gasteiger partial charge in [0.1, 0.15) is 0 Å². The summed E-state index contributed by atoms with van der Waals surface area (Å²) in [5.41, 5.74) is 4.86. The van der Waals surface area contributed by atoms with Crippen LogP contribution in [0.1, 0.15) is 39.9 Å². The highest BCUT2D eigenvalue weighted by atomic mass is 35.5. The van der Waals surface area contributed by atoms with Gasteiger partial charge in [-0.2, -0.15) is 0 Å². The fraction of sp³-hybridized carbons (Fsp3) is 0.333. The van der Waals surface area contributed by atoms with E-state index in [0.29, 0.717) is 28.6 Å². The van der Waals surface area contributed by atoms with E-state index < -0.39 is 5.91 Å². The van der Waals surface area contributed by atoms with Crippen LogP contribution in [0.2, 0.25) is 10.0 Å². The van der Waals surface area contributed by atoms with Gasteiger partial charge in [0.15, 0.2) is 0 Å². The van der Waals surface area contributed by atoms with Crippen molar-refractivity contribution in [3.63, 3.8) is 0 Å². The number of fused-ring (bicyclic) bond motifs is 1. The lowest BCUT2D eigenvalue weighted by atomic mass is 9.70. The average Bonchev–Trinajstić information content (AvgIpc) is 2.99. The molecule has 0 bridgehead atoms. The summed E-state index contributed by atoms with van der Waals surface area (Å²) in [5.74, 6) is -0.339. The Bertz CT molecular complexity index is 963. The molecule has 2 aliphatic rings. The summed E-state index contributed by atoms with van der Waals surface area (Å²) >= 11 is 12.1. The van der Waals surface area contributed by atoms with Crippen LogP contribution in [0.3, 0.4) is 0 Å². The zero-order valence-electron chi connectivity index (χ0n) is 15.2. The van der Waals surface area contributed by atoms with Crippen LogP contribution in [0.15, 0.2) is 36.4 Å². The van der Waals surface area contributed by atoms with E-state index >= 15 is 0 Å². The Hall–Kier alpha value is -2.08. The molecule has 2 amide bonds. The van der Waals surface area contributed by atoms with Gasteiger partial charge in [0.05, 0.1) is 15.5 Å². The fourth-order valence-corrected chi connectivity index (χ4v) is 4.68. The van der Waals surface area contributed by atoms with E-state index in [0.717, 1.165) is 42.5 Å². The van der Waals surface area contributed by atoms with E-state index in [1.807, 2.05) is 23.1 Å². The van der Waals surface area contributed by atoms with Crippen LogP contribution in [-0.4, -0.2) is 28.5 Å². The Morgan fingerprint density at radius 3 is 2.68 bits per heavy atom. The summed E-state index contributed by atoms with van der Waals surface area (Å²) in [5, 5.41) is 9.81. The van der Waals surface area contributed by atoms with E-state index in [2.05, 4.69) is 0 Å². The van der Waals surface area contributed by atoms with Crippen molar-refractivity contribution in [2.24, 2.45) is 5.41 Å². The number of carbonyl (C=O) groups excluding carboxylic acids is 2. The number of carbonyl (C=O) groups is 2. The van der Waals surface area contributed by atoms with Crippen molar-refractivity contribution in [1.82, 2.24) is 10.4 Å². The lowest BCUT2D eigenvalue weighted by molar-refractivity contribution is -0.137. The highest BCUT2D eigenvalue weighted by molar-refractivity contribution is 6.42. The number of hydroxylamine groups is 1. The standard InChI is InChI=1S/C21H20Cl2N2O3/c22-17-4-1-13(9-18(17)23)12-25-8-7-21(20(25)27)6-5-14-10-15(19(26)24-28)2-3-16(14)11-21/h1-4,9-10,28H,5-8,11-12H2,(H,24,26). The minimum absolute atomic E-state index is 0.182. The molecule has 0 aromatic heterocycles. The molecule has 4 rings (SSSR count). The minimum atomic E-state index is -0.521. The van der Waals surface area contributed by atoms with Gasteiger partial charge >= 0.3 is 0 Å². The van der Waals surface area contributed by atoms with Gasteiger partial charge in [-0.05, 0) is 66.6 Å². The normalized spacial score (nSPS) is 21.1. The number of halogens is 2. The molecule has 1 aliphatic carbocycles. The Morgan fingerprint density at radius 2 is 1.93 bits per heavy atom. The van der Waals surface area contributed by atoms with Crippen molar-refractivity contribution in [2.45, 2.75) is 32.2 Å². The van der Waals surface area contributed by atoms with Gasteiger partial charge in [-0.3, -0.25) is 14.8 Å². The number of benzene rings is 2. The molecule has 0 saturated carbocycles. The first-order valence-electron chi connectivity index (χ1n) is 9.21. The number of nitrogens with one attached hydrogen (secondary N) is 1. The number of aryl methyl sites for hydroxylation is 1. The lowest BCUT2D eigenvalue weighted by Crippen LogP contribution is -2.38. The molecule has 0 radical (unpaired) electrons. The third-order valence-corrected chi connectivity index (χ3v) is 6.67. The first kappa shape index (κ1) is 19.2. The number of amides is 2. The average molecular weight is 419 g/mol. The van der Waals surface area contributed by atoms with Crippen molar-refractivity contribution in [3.05, 3.63) is 68.7 Å². The molecule has 1 spiro atoms. The maximum absolute atomic E-state index is 13.2. The van der Waals surface area contributed by atoms with Gasteiger partial charge < -0.3 is 4.90 Å². The molecule has 1 unspecified atom stereocenters. The largest absolute Gasteiger partial charge is 0.338 e. The van der Waals surface area contributed by atoms with Gasteiger partial charge in [-0.15, -0.1) is 0 Å². The van der Waals surface area contributed by atoms with Crippen molar-refractivity contribution in [3.8, 4) is 0 Å². The summed E-state index contributed by atoms with van der Waals surface area (Å²) in [7, 11) is 0. The number of nitrogens with zero attached hydrogens (tertiary/aromatic N) is 1. The van der Waals surface area contributed by atoms with Crippen molar-refractivity contribution < 1.29 is 14.8 Å². The molecule has 1 saturated heterocycles. The first-order chi connectivity index (χ1) is 13.4. The number of likely N-dealkylation sites (tertiary alicyclic amines) is 1. The SMILES string of the molecule is O=C(NO)c1ccc2c(c1)CCC1(CCN(Cc3ccc(Cl)c(Cl)c3)C1=O)C2. The van der Waals surface area contributed by atoms with Crippen LogP contribution in [0.25, 0.3) is 0 Å². The molecule has 2 N–H and O–H groups in total. The van der Waals surface area contributed by atoms with Gasteiger partial charge in [0.25, 0.3) is 5.91 Å². The Labute approximate surface area is 173 Å². The second-order valence-corrected chi connectivity index (χ2v) is 8.42. The molecule has 1 fully saturated rings. The van der Waals surface area contributed by atoms with Crippen LogP contribution in [0.4, 0.5) is 0 Å². The molecule has 1 atom stereocenters. The molecule has 28 heavy (non-hydrogen) atoms. The van der Waals surface area contributed by atoms with Gasteiger partial charge in [-0.25, -0.2) is 5.48 Å². The predicted octanol–water partition coefficient (Wildman–Crippen LogP) is 4.02. The molecule has 2 aromatic rings. The monoisotopic (exact) mass is 418 g/mol. The van der Waals surface area contributed by atoms with Crippen molar-refractivity contribution in [1.29, 1.82) is 0 Å². The van der Waals surface area contributed by atoms with Gasteiger partial charge in [0.2, 0.25) is 5.91 Å². The zero-order valence-corrected chi connectivity index (χ0v) is 16.7. The van der Waals surface area contributed by atoms with Crippen LogP contribution in [0, 0.1) is 5.41 Å². The molecule has 7 heteroatoms. The maximum atomic E-state index is 13.2. The Morgan fingerprint density at radius 1 is 1.11 bits per heavy atom. The van der Waals surface area contributed by atoms with E-state index in [1.165, 1.54) is 0 Å². The van der Waals surface area contributed by atoms with Crippen LogP contribution in [0.5, 0.6) is 0 Å². The summed E-state index contributed by atoms with van der Waals surface area (Å²) < 4.78 is 0. The van der Waals surface area contributed by atoms with Crippen LogP contribution >= 0.6 is 23.2 Å². The molecule has 146 valence electrons. The summed E-state index contributed by atoms with van der Waals surface area (Å²) in [6.07, 6.45) is 3.01. The van der Waals surface area contributed by atoms with E-state index in [1.54, 1.807) is 23.7 Å². The summed E-state index contributed by atoms with van der Waals surface area (Å²) in [6.45, 7) is 1.25. The third kappa shape index (κ3) is 3.39. The molecular weight excluding hydrogens is 399 g/mol. The van der Waals surface area contributed by atoms with E-state index in [4.69, 9.17) is 28.4 Å². The van der Waals surface area contributed by atoms with E-state index in [-0.39, 0.29) is 11.3 Å². The van der Waals surface area contributed by atoms with Gasteiger partial charge in [-0.1, -0.05) is 35.3 Å².